The highest BCUT2D eigenvalue weighted by molar-refractivity contribution is 8.06. The van der Waals surface area contributed by atoms with Gasteiger partial charge in [-0.25, -0.2) is 13.4 Å². The van der Waals surface area contributed by atoms with Gasteiger partial charge in [0, 0.05) is 36.8 Å². The van der Waals surface area contributed by atoms with Crippen LogP contribution >= 0.6 is 11.6 Å². The Balaban J connectivity index is 2.83. The first-order chi connectivity index (χ1) is 9.23. The molecule has 1 amide bonds. The predicted octanol–water partition coefficient (Wildman–Crippen LogP) is 1.93. The standard InChI is InChI=1S/C12H12ClN3O3S/c1-16(2)12(17)20(18,19)10-4-8(14)3-7-6-15-11(13)5-9(7)10/h3-6H,14H2,1-2H3. The van der Waals surface area contributed by atoms with Crippen molar-refractivity contribution in [3.05, 3.63) is 29.5 Å². The largest absolute Gasteiger partial charge is 0.399 e. The molecule has 0 fully saturated rings. The van der Waals surface area contributed by atoms with Crippen LogP contribution in [0.2, 0.25) is 5.15 Å². The highest BCUT2D eigenvalue weighted by Gasteiger charge is 2.29. The smallest absolute Gasteiger partial charge is 0.343 e. The zero-order valence-corrected chi connectivity index (χ0v) is 12.4. The number of benzene rings is 1. The van der Waals surface area contributed by atoms with E-state index in [1.807, 2.05) is 0 Å². The molecule has 0 aliphatic heterocycles. The average Bonchev–Trinajstić information content (AvgIpc) is 2.37. The third-order valence-electron chi connectivity index (χ3n) is 2.67. The molecule has 0 saturated heterocycles. The number of aromatic nitrogens is 1. The number of sulfone groups is 1. The van der Waals surface area contributed by atoms with Crippen molar-refractivity contribution >= 4 is 43.1 Å². The van der Waals surface area contributed by atoms with E-state index in [1.165, 1.54) is 32.4 Å². The maximum atomic E-state index is 12.3. The number of pyridine rings is 1. The first kappa shape index (κ1) is 14.5. The zero-order chi connectivity index (χ0) is 15.1. The summed E-state index contributed by atoms with van der Waals surface area (Å²) in [7, 11) is -1.46. The van der Waals surface area contributed by atoms with Gasteiger partial charge in [0.2, 0.25) is 0 Å². The lowest BCUT2D eigenvalue weighted by Gasteiger charge is -2.13. The molecule has 0 aliphatic rings. The van der Waals surface area contributed by atoms with Gasteiger partial charge in [-0.2, -0.15) is 0 Å². The van der Waals surface area contributed by atoms with Gasteiger partial charge in [0.15, 0.2) is 0 Å². The molecule has 1 aromatic heterocycles. The molecule has 0 spiro atoms. The van der Waals surface area contributed by atoms with Gasteiger partial charge in [-0.05, 0) is 18.2 Å². The Kier molecular flexibility index (Phi) is 3.58. The van der Waals surface area contributed by atoms with Gasteiger partial charge in [-0.1, -0.05) is 11.6 Å². The minimum absolute atomic E-state index is 0.135. The first-order valence-corrected chi connectivity index (χ1v) is 7.41. The Hall–Kier alpha value is -1.86. The Morgan fingerprint density at radius 3 is 2.55 bits per heavy atom. The fourth-order valence-electron chi connectivity index (χ4n) is 1.78. The molecule has 106 valence electrons. The lowest BCUT2D eigenvalue weighted by molar-refractivity contribution is 0.238. The number of halogens is 1. The number of nitrogens with zero attached hydrogens (tertiary/aromatic N) is 2. The summed E-state index contributed by atoms with van der Waals surface area (Å²) in [4.78, 5) is 16.5. The van der Waals surface area contributed by atoms with Crippen molar-refractivity contribution in [3.63, 3.8) is 0 Å². The highest BCUT2D eigenvalue weighted by Crippen LogP contribution is 2.29. The highest BCUT2D eigenvalue weighted by atomic mass is 35.5. The average molecular weight is 314 g/mol. The molecule has 2 N–H and O–H groups in total. The molecule has 8 heteroatoms. The fraction of sp³-hybridized carbons (Fsp3) is 0.167. The number of hydrogen-bond acceptors (Lipinski definition) is 5. The molecule has 0 bridgehead atoms. The quantitative estimate of drug-likeness (QED) is 0.641. The predicted molar refractivity (Wildman–Crippen MR) is 77.4 cm³/mol. The fourth-order valence-corrected chi connectivity index (χ4v) is 3.36. The lowest BCUT2D eigenvalue weighted by Crippen LogP contribution is -2.28. The van der Waals surface area contributed by atoms with Crippen molar-refractivity contribution < 1.29 is 13.2 Å². The normalized spacial score (nSPS) is 11.6. The Morgan fingerprint density at radius 1 is 1.30 bits per heavy atom. The molecular weight excluding hydrogens is 302 g/mol. The van der Waals surface area contributed by atoms with E-state index in [1.54, 1.807) is 6.07 Å². The number of rotatable bonds is 1. The van der Waals surface area contributed by atoms with E-state index < -0.39 is 15.1 Å². The summed E-state index contributed by atoms with van der Waals surface area (Å²) in [5, 5.41) is -0.0673. The van der Waals surface area contributed by atoms with Crippen LogP contribution in [0, 0.1) is 0 Å². The summed E-state index contributed by atoms with van der Waals surface area (Å²) in [5.74, 6) is 0. The number of amides is 1. The molecule has 2 aromatic rings. The number of hydrogen-bond donors (Lipinski definition) is 1. The second kappa shape index (κ2) is 4.92. The molecule has 6 nitrogen and oxygen atoms in total. The topological polar surface area (TPSA) is 93.4 Å². The van der Waals surface area contributed by atoms with Gasteiger partial charge in [0.05, 0.1) is 4.90 Å². The number of nitrogens with two attached hydrogens (primary N) is 1. The van der Waals surface area contributed by atoms with E-state index in [0.717, 1.165) is 4.90 Å². The van der Waals surface area contributed by atoms with E-state index in [9.17, 15) is 13.2 Å². The number of nitrogen functional groups attached to an aromatic ring is 1. The molecule has 0 unspecified atom stereocenters. The Bertz CT molecular complexity index is 803. The van der Waals surface area contributed by atoms with Crippen molar-refractivity contribution in [2.24, 2.45) is 0 Å². The van der Waals surface area contributed by atoms with Crippen LogP contribution in [0.1, 0.15) is 0 Å². The van der Waals surface area contributed by atoms with Crippen LogP contribution < -0.4 is 5.73 Å². The van der Waals surface area contributed by atoms with Crippen LogP contribution in [0.3, 0.4) is 0 Å². The molecule has 0 radical (unpaired) electrons. The van der Waals surface area contributed by atoms with Gasteiger partial charge in [0.25, 0.3) is 9.84 Å². The molecule has 20 heavy (non-hydrogen) atoms. The van der Waals surface area contributed by atoms with E-state index in [4.69, 9.17) is 17.3 Å². The van der Waals surface area contributed by atoms with Crippen molar-refractivity contribution in [1.82, 2.24) is 9.88 Å². The number of carbonyl (C=O) groups is 1. The van der Waals surface area contributed by atoms with Gasteiger partial charge in [-0.3, -0.25) is 4.79 Å². The SMILES string of the molecule is CN(C)C(=O)S(=O)(=O)c1cc(N)cc2cnc(Cl)cc12. The molecule has 0 saturated carbocycles. The van der Waals surface area contributed by atoms with E-state index in [2.05, 4.69) is 4.98 Å². The van der Waals surface area contributed by atoms with Crippen LogP contribution in [0.4, 0.5) is 10.5 Å². The summed E-state index contributed by atoms with van der Waals surface area (Å²) in [6.45, 7) is 0. The van der Waals surface area contributed by atoms with Crippen LogP contribution in [-0.4, -0.2) is 37.6 Å². The summed E-state index contributed by atoms with van der Waals surface area (Å²) >= 11 is 5.79. The first-order valence-electron chi connectivity index (χ1n) is 5.54. The summed E-state index contributed by atoms with van der Waals surface area (Å²) in [5.41, 5.74) is 5.91. The van der Waals surface area contributed by atoms with Gasteiger partial charge >= 0.3 is 5.24 Å². The summed E-state index contributed by atoms with van der Waals surface area (Å²) in [6.07, 6.45) is 1.41. The van der Waals surface area contributed by atoms with Gasteiger partial charge in [-0.15, -0.1) is 0 Å². The molecule has 2 rings (SSSR count). The van der Waals surface area contributed by atoms with E-state index in [-0.39, 0.29) is 15.7 Å². The number of fused-ring (bicyclic) bond motifs is 1. The van der Waals surface area contributed by atoms with Crippen LogP contribution in [0.25, 0.3) is 10.8 Å². The molecule has 1 aromatic carbocycles. The summed E-state index contributed by atoms with van der Waals surface area (Å²) < 4.78 is 24.7. The van der Waals surface area contributed by atoms with Crippen molar-refractivity contribution in [1.29, 1.82) is 0 Å². The van der Waals surface area contributed by atoms with E-state index in [0.29, 0.717) is 10.8 Å². The molecule has 1 heterocycles. The lowest BCUT2D eigenvalue weighted by atomic mass is 10.1. The maximum absolute atomic E-state index is 12.3. The van der Waals surface area contributed by atoms with E-state index >= 15 is 0 Å². The third kappa shape index (κ3) is 2.41. The zero-order valence-electron chi connectivity index (χ0n) is 10.8. The third-order valence-corrected chi connectivity index (χ3v) is 4.62. The van der Waals surface area contributed by atoms with Crippen LogP contribution in [0.5, 0.6) is 0 Å². The van der Waals surface area contributed by atoms with Crippen LogP contribution in [-0.2, 0) is 9.84 Å². The van der Waals surface area contributed by atoms with Gasteiger partial charge in [0.1, 0.15) is 5.15 Å². The minimum Gasteiger partial charge on any atom is -0.399 e. The Morgan fingerprint density at radius 2 is 1.95 bits per heavy atom. The van der Waals surface area contributed by atoms with Crippen molar-refractivity contribution in [2.45, 2.75) is 4.90 Å². The molecular formula is C12H12ClN3O3S. The van der Waals surface area contributed by atoms with Crippen LogP contribution in [0.15, 0.2) is 29.3 Å². The monoisotopic (exact) mass is 313 g/mol. The minimum atomic E-state index is -4.18. The summed E-state index contributed by atoms with van der Waals surface area (Å²) in [6, 6.07) is 4.21. The maximum Gasteiger partial charge on any atom is 0.343 e. The second-order valence-corrected chi connectivity index (χ2v) is 6.59. The number of anilines is 1. The van der Waals surface area contributed by atoms with Crippen molar-refractivity contribution in [3.8, 4) is 0 Å². The number of carbonyl (C=O) groups excluding carboxylic acids is 1. The van der Waals surface area contributed by atoms with Crippen molar-refractivity contribution in [2.75, 3.05) is 19.8 Å². The molecule has 0 aliphatic carbocycles. The Labute approximate surface area is 121 Å². The van der Waals surface area contributed by atoms with Gasteiger partial charge < -0.3 is 10.6 Å². The molecule has 0 atom stereocenters. The second-order valence-electron chi connectivity index (χ2n) is 4.41.